The molecule has 0 spiro atoms. The summed E-state index contributed by atoms with van der Waals surface area (Å²) in [6.07, 6.45) is 0.433. The Kier molecular flexibility index (Phi) is 6.02. The van der Waals surface area contributed by atoms with Crippen molar-refractivity contribution >= 4 is 17.5 Å². The lowest BCUT2D eigenvalue weighted by Gasteiger charge is -2.21. The molecule has 104 valence electrons. The standard InChI is InChI=1S/C14H20N2O3/c1-10(2)12(8-9-17)16-14(19)13(18)15-11-6-4-3-5-7-11/h3-7,10,12,17H,8-9H2,1-2H3,(H,15,18)(H,16,19). The number of aliphatic hydroxyl groups excluding tert-OH is 1. The normalized spacial score (nSPS) is 12.0. The van der Waals surface area contributed by atoms with Crippen LogP contribution in [-0.4, -0.2) is 29.6 Å². The molecule has 0 fully saturated rings. The highest BCUT2D eigenvalue weighted by Crippen LogP contribution is 2.07. The van der Waals surface area contributed by atoms with Gasteiger partial charge in [0.15, 0.2) is 0 Å². The first-order valence-electron chi connectivity index (χ1n) is 6.32. The van der Waals surface area contributed by atoms with Crippen LogP contribution >= 0.6 is 0 Å². The van der Waals surface area contributed by atoms with Crippen LogP contribution < -0.4 is 10.6 Å². The Balaban J connectivity index is 2.55. The highest BCUT2D eigenvalue weighted by atomic mass is 16.3. The number of amides is 2. The molecule has 0 aromatic heterocycles. The maximum absolute atomic E-state index is 11.7. The quantitative estimate of drug-likeness (QED) is 0.698. The van der Waals surface area contributed by atoms with Crippen molar-refractivity contribution in [3.8, 4) is 0 Å². The summed E-state index contributed by atoms with van der Waals surface area (Å²) in [5.74, 6) is -1.23. The molecule has 3 N–H and O–H groups in total. The molecule has 0 bridgehead atoms. The summed E-state index contributed by atoms with van der Waals surface area (Å²) in [5.41, 5.74) is 0.575. The van der Waals surface area contributed by atoms with Crippen LogP contribution in [0, 0.1) is 5.92 Å². The van der Waals surface area contributed by atoms with Gasteiger partial charge >= 0.3 is 11.8 Å². The molecular formula is C14H20N2O3. The lowest BCUT2D eigenvalue weighted by Crippen LogP contribution is -2.44. The third kappa shape index (κ3) is 5.09. The van der Waals surface area contributed by atoms with Crippen molar-refractivity contribution in [1.29, 1.82) is 0 Å². The Morgan fingerprint density at radius 1 is 1.16 bits per heavy atom. The highest BCUT2D eigenvalue weighted by molar-refractivity contribution is 6.39. The van der Waals surface area contributed by atoms with Gasteiger partial charge in [0.2, 0.25) is 0 Å². The number of nitrogens with one attached hydrogen (secondary N) is 2. The maximum atomic E-state index is 11.7. The minimum Gasteiger partial charge on any atom is -0.396 e. The zero-order valence-electron chi connectivity index (χ0n) is 11.2. The number of anilines is 1. The first-order valence-corrected chi connectivity index (χ1v) is 6.32. The smallest absolute Gasteiger partial charge is 0.313 e. The van der Waals surface area contributed by atoms with Crippen molar-refractivity contribution in [2.75, 3.05) is 11.9 Å². The van der Waals surface area contributed by atoms with E-state index in [2.05, 4.69) is 10.6 Å². The van der Waals surface area contributed by atoms with Gasteiger partial charge in [0, 0.05) is 18.3 Å². The SMILES string of the molecule is CC(C)C(CCO)NC(=O)C(=O)Nc1ccccc1. The van der Waals surface area contributed by atoms with Crippen LogP contribution in [0.5, 0.6) is 0 Å². The van der Waals surface area contributed by atoms with E-state index in [9.17, 15) is 9.59 Å². The van der Waals surface area contributed by atoms with Gasteiger partial charge in [-0.05, 0) is 24.5 Å². The molecule has 0 saturated carbocycles. The van der Waals surface area contributed by atoms with Crippen LogP contribution in [0.3, 0.4) is 0 Å². The van der Waals surface area contributed by atoms with Crippen LogP contribution in [0.2, 0.25) is 0 Å². The van der Waals surface area contributed by atoms with E-state index in [0.29, 0.717) is 12.1 Å². The minimum atomic E-state index is -0.699. The Morgan fingerprint density at radius 3 is 2.32 bits per heavy atom. The van der Waals surface area contributed by atoms with Crippen molar-refractivity contribution in [2.45, 2.75) is 26.3 Å². The van der Waals surface area contributed by atoms with Gasteiger partial charge in [-0.1, -0.05) is 32.0 Å². The zero-order chi connectivity index (χ0) is 14.3. The molecule has 1 atom stereocenters. The van der Waals surface area contributed by atoms with Crippen molar-refractivity contribution < 1.29 is 14.7 Å². The fourth-order valence-corrected chi connectivity index (χ4v) is 1.65. The molecule has 0 aliphatic heterocycles. The summed E-state index contributed by atoms with van der Waals surface area (Å²) < 4.78 is 0. The molecular weight excluding hydrogens is 244 g/mol. The number of rotatable bonds is 5. The average Bonchev–Trinajstić information content (AvgIpc) is 2.39. The lowest BCUT2D eigenvalue weighted by atomic mass is 10.0. The van der Waals surface area contributed by atoms with E-state index in [1.54, 1.807) is 24.3 Å². The molecule has 19 heavy (non-hydrogen) atoms. The van der Waals surface area contributed by atoms with Gasteiger partial charge in [-0.25, -0.2) is 0 Å². The van der Waals surface area contributed by atoms with E-state index < -0.39 is 11.8 Å². The fraction of sp³-hybridized carbons (Fsp3) is 0.429. The van der Waals surface area contributed by atoms with E-state index in [1.807, 2.05) is 19.9 Å². The van der Waals surface area contributed by atoms with Gasteiger partial charge in [0.05, 0.1) is 0 Å². The third-order valence-corrected chi connectivity index (χ3v) is 2.80. The molecule has 1 aromatic rings. The number of para-hydroxylation sites is 1. The number of hydrogen-bond acceptors (Lipinski definition) is 3. The molecule has 0 radical (unpaired) electrons. The van der Waals surface area contributed by atoms with Gasteiger partial charge in [-0.15, -0.1) is 0 Å². The van der Waals surface area contributed by atoms with Gasteiger partial charge in [-0.2, -0.15) is 0 Å². The predicted octanol–water partition coefficient (Wildman–Crippen LogP) is 1.15. The maximum Gasteiger partial charge on any atom is 0.313 e. The average molecular weight is 264 g/mol. The summed E-state index contributed by atoms with van der Waals surface area (Å²) in [7, 11) is 0. The Labute approximate surface area is 113 Å². The summed E-state index contributed by atoms with van der Waals surface area (Å²) in [6.45, 7) is 3.83. The molecule has 0 saturated heterocycles. The number of carbonyl (C=O) groups excluding carboxylic acids is 2. The van der Waals surface area contributed by atoms with E-state index in [4.69, 9.17) is 5.11 Å². The molecule has 0 aliphatic carbocycles. The molecule has 0 aliphatic rings. The Bertz CT molecular complexity index is 418. The number of aliphatic hydroxyl groups is 1. The van der Waals surface area contributed by atoms with Crippen molar-refractivity contribution in [3.05, 3.63) is 30.3 Å². The van der Waals surface area contributed by atoms with Gasteiger partial charge < -0.3 is 15.7 Å². The minimum absolute atomic E-state index is 0.0244. The van der Waals surface area contributed by atoms with Crippen LogP contribution in [0.4, 0.5) is 5.69 Å². The largest absolute Gasteiger partial charge is 0.396 e. The Morgan fingerprint density at radius 2 is 1.79 bits per heavy atom. The third-order valence-electron chi connectivity index (χ3n) is 2.80. The Hall–Kier alpha value is -1.88. The summed E-state index contributed by atoms with van der Waals surface area (Å²) in [5, 5.41) is 14.1. The molecule has 5 nitrogen and oxygen atoms in total. The molecule has 1 rings (SSSR count). The fourth-order valence-electron chi connectivity index (χ4n) is 1.65. The van der Waals surface area contributed by atoms with Gasteiger partial charge in [0.1, 0.15) is 0 Å². The van der Waals surface area contributed by atoms with Crippen molar-refractivity contribution in [3.63, 3.8) is 0 Å². The second-order valence-electron chi connectivity index (χ2n) is 4.66. The van der Waals surface area contributed by atoms with Gasteiger partial charge in [0.25, 0.3) is 0 Å². The summed E-state index contributed by atoms with van der Waals surface area (Å²) in [6, 6.07) is 8.58. The van der Waals surface area contributed by atoms with Crippen LogP contribution in [0.15, 0.2) is 30.3 Å². The highest BCUT2D eigenvalue weighted by Gasteiger charge is 2.20. The van der Waals surface area contributed by atoms with Crippen molar-refractivity contribution in [2.24, 2.45) is 5.92 Å². The van der Waals surface area contributed by atoms with Crippen molar-refractivity contribution in [1.82, 2.24) is 5.32 Å². The number of benzene rings is 1. The molecule has 2 amide bonds. The van der Waals surface area contributed by atoms with Gasteiger partial charge in [-0.3, -0.25) is 9.59 Å². The van der Waals surface area contributed by atoms with Crippen LogP contribution in [-0.2, 0) is 9.59 Å². The molecule has 5 heteroatoms. The first-order chi connectivity index (χ1) is 9.04. The first kappa shape index (κ1) is 15.2. The zero-order valence-corrected chi connectivity index (χ0v) is 11.2. The summed E-state index contributed by atoms with van der Waals surface area (Å²) in [4.78, 5) is 23.4. The predicted molar refractivity (Wildman–Crippen MR) is 73.5 cm³/mol. The van der Waals surface area contributed by atoms with E-state index in [0.717, 1.165) is 0 Å². The monoisotopic (exact) mass is 264 g/mol. The summed E-state index contributed by atoms with van der Waals surface area (Å²) >= 11 is 0. The second-order valence-corrected chi connectivity index (χ2v) is 4.66. The van der Waals surface area contributed by atoms with E-state index in [1.165, 1.54) is 0 Å². The van der Waals surface area contributed by atoms with E-state index in [-0.39, 0.29) is 18.6 Å². The number of hydrogen-bond donors (Lipinski definition) is 3. The van der Waals surface area contributed by atoms with Crippen LogP contribution in [0.25, 0.3) is 0 Å². The second kappa shape index (κ2) is 7.53. The lowest BCUT2D eigenvalue weighted by molar-refractivity contribution is -0.136. The molecule has 1 aromatic carbocycles. The molecule has 0 heterocycles. The topological polar surface area (TPSA) is 78.4 Å². The van der Waals surface area contributed by atoms with Crippen LogP contribution in [0.1, 0.15) is 20.3 Å². The number of carbonyl (C=O) groups is 2. The van der Waals surface area contributed by atoms with E-state index >= 15 is 0 Å². The molecule has 1 unspecified atom stereocenters.